The molecule has 5 heteroatoms. The third kappa shape index (κ3) is 4.16. The van der Waals surface area contributed by atoms with Gasteiger partial charge >= 0.3 is 0 Å². The van der Waals surface area contributed by atoms with Crippen molar-refractivity contribution in [3.8, 4) is 0 Å². The predicted molar refractivity (Wildman–Crippen MR) is 62.5 cm³/mol. The Morgan fingerprint density at radius 3 is 2.88 bits per heavy atom. The Kier molecular flexibility index (Phi) is 5.13. The van der Waals surface area contributed by atoms with Crippen LogP contribution in [0.4, 0.5) is 8.78 Å². The molecule has 0 bridgehead atoms. The van der Waals surface area contributed by atoms with E-state index >= 15 is 0 Å². The summed E-state index contributed by atoms with van der Waals surface area (Å²) in [5.41, 5.74) is 0. The summed E-state index contributed by atoms with van der Waals surface area (Å²) in [6.45, 7) is 5.28. The highest BCUT2D eigenvalue weighted by atomic mass is 19.3. The average molecular weight is 248 g/mol. The lowest BCUT2D eigenvalue weighted by Crippen LogP contribution is -2.55. The predicted octanol–water partition coefficient (Wildman–Crippen LogP) is 1.44. The number of fused-ring (bicyclic) bond motifs is 1. The third-order valence-electron chi connectivity index (χ3n) is 3.72. The second-order valence-electron chi connectivity index (χ2n) is 4.95. The van der Waals surface area contributed by atoms with Crippen molar-refractivity contribution in [3.63, 3.8) is 0 Å². The van der Waals surface area contributed by atoms with Crippen LogP contribution >= 0.6 is 0 Å². The van der Waals surface area contributed by atoms with Gasteiger partial charge in [-0.2, -0.15) is 0 Å². The van der Waals surface area contributed by atoms with Crippen molar-refractivity contribution in [2.75, 3.05) is 45.9 Å². The summed E-state index contributed by atoms with van der Waals surface area (Å²) in [7, 11) is 0. The SMILES string of the molecule is FC(F)COCCN1CCN2CCCCC2C1. The highest BCUT2D eigenvalue weighted by Crippen LogP contribution is 2.20. The number of piperidine rings is 1. The Hall–Kier alpha value is -0.260. The van der Waals surface area contributed by atoms with Crippen molar-refractivity contribution in [2.24, 2.45) is 0 Å². The van der Waals surface area contributed by atoms with Crippen LogP contribution in [-0.4, -0.2) is 68.2 Å². The maximum Gasteiger partial charge on any atom is 0.261 e. The molecule has 0 N–H and O–H groups in total. The number of alkyl halides is 2. The van der Waals surface area contributed by atoms with E-state index in [1.165, 1.54) is 25.8 Å². The molecule has 0 aliphatic carbocycles. The number of halogens is 2. The first-order valence-corrected chi connectivity index (χ1v) is 6.58. The second kappa shape index (κ2) is 6.61. The van der Waals surface area contributed by atoms with Gasteiger partial charge in [0.05, 0.1) is 6.61 Å². The van der Waals surface area contributed by atoms with Crippen LogP contribution in [0.3, 0.4) is 0 Å². The monoisotopic (exact) mass is 248 g/mol. The molecule has 3 nitrogen and oxygen atoms in total. The highest BCUT2D eigenvalue weighted by molar-refractivity contribution is 4.84. The van der Waals surface area contributed by atoms with Crippen LogP contribution in [0.2, 0.25) is 0 Å². The van der Waals surface area contributed by atoms with E-state index in [4.69, 9.17) is 4.74 Å². The Morgan fingerprint density at radius 2 is 2.06 bits per heavy atom. The van der Waals surface area contributed by atoms with Gasteiger partial charge in [-0.25, -0.2) is 8.78 Å². The second-order valence-corrected chi connectivity index (χ2v) is 4.95. The van der Waals surface area contributed by atoms with Gasteiger partial charge in [0.15, 0.2) is 0 Å². The summed E-state index contributed by atoms with van der Waals surface area (Å²) in [6, 6.07) is 0.688. The molecule has 2 saturated heterocycles. The smallest absolute Gasteiger partial charge is 0.261 e. The molecule has 1 unspecified atom stereocenters. The molecular weight excluding hydrogens is 226 g/mol. The first kappa shape index (κ1) is 13.2. The van der Waals surface area contributed by atoms with Gasteiger partial charge in [0.2, 0.25) is 0 Å². The van der Waals surface area contributed by atoms with Crippen LogP contribution in [0.15, 0.2) is 0 Å². The molecule has 17 heavy (non-hydrogen) atoms. The Balaban J connectivity index is 1.62. The molecule has 100 valence electrons. The van der Waals surface area contributed by atoms with Crippen LogP contribution in [0.1, 0.15) is 19.3 Å². The van der Waals surface area contributed by atoms with Crippen LogP contribution < -0.4 is 0 Å². The van der Waals surface area contributed by atoms with Gasteiger partial charge in [-0.3, -0.25) is 9.80 Å². The molecule has 0 radical (unpaired) electrons. The zero-order valence-electron chi connectivity index (χ0n) is 10.3. The van der Waals surface area contributed by atoms with Crippen molar-refractivity contribution < 1.29 is 13.5 Å². The fourth-order valence-corrected chi connectivity index (χ4v) is 2.79. The van der Waals surface area contributed by atoms with Crippen molar-refractivity contribution in [2.45, 2.75) is 31.7 Å². The molecular formula is C12H22F2N2O. The zero-order chi connectivity index (χ0) is 12.1. The van der Waals surface area contributed by atoms with E-state index in [0.29, 0.717) is 12.6 Å². The number of nitrogens with zero attached hydrogens (tertiary/aromatic N) is 2. The maximum absolute atomic E-state index is 11.9. The molecule has 2 aliphatic rings. The minimum atomic E-state index is -2.34. The molecule has 0 saturated carbocycles. The van der Waals surface area contributed by atoms with Gasteiger partial charge in [0.25, 0.3) is 6.43 Å². The molecule has 2 heterocycles. The molecule has 0 aromatic carbocycles. The minimum absolute atomic E-state index is 0.427. The first-order valence-electron chi connectivity index (χ1n) is 6.58. The number of ether oxygens (including phenoxy) is 1. The summed E-state index contributed by atoms with van der Waals surface area (Å²) < 4.78 is 28.7. The lowest BCUT2D eigenvalue weighted by Gasteiger charge is -2.44. The molecule has 2 aliphatic heterocycles. The van der Waals surface area contributed by atoms with E-state index in [2.05, 4.69) is 9.80 Å². The van der Waals surface area contributed by atoms with Crippen LogP contribution in [-0.2, 0) is 4.74 Å². The molecule has 1 atom stereocenters. The zero-order valence-corrected chi connectivity index (χ0v) is 10.3. The highest BCUT2D eigenvalue weighted by Gasteiger charge is 2.28. The number of hydrogen-bond acceptors (Lipinski definition) is 3. The standard InChI is InChI=1S/C12H22F2N2O/c13-12(14)10-17-8-7-15-5-6-16-4-2-1-3-11(16)9-15/h11-12H,1-10H2. The third-order valence-corrected chi connectivity index (χ3v) is 3.72. The van der Waals surface area contributed by atoms with E-state index in [1.807, 2.05) is 0 Å². The summed E-state index contributed by atoms with van der Waals surface area (Å²) in [5, 5.41) is 0. The Morgan fingerprint density at radius 1 is 1.18 bits per heavy atom. The average Bonchev–Trinajstić information content (AvgIpc) is 2.34. The minimum Gasteiger partial charge on any atom is -0.374 e. The molecule has 2 rings (SSSR count). The Labute approximate surface area is 102 Å². The fraction of sp³-hybridized carbons (Fsp3) is 1.00. The number of hydrogen-bond donors (Lipinski definition) is 0. The topological polar surface area (TPSA) is 15.7 Å². The van der Waals surface area contributed by atoms with Crippen LogP contribution in [0.5, 0.6) is 0 Å². The summed E-state index contributed by atoms with van der Waals surface area (Å²) in [6.07, 6.45) is 1.60. The molecule has 0 aromatic rings. The van der Waals surface area contributed by atoms with Crippen molar-refractivity contribution in [1.82, 2.24) is 9.80 Å². The van der Waals surface area contributed by atoms with Gasteiger partial charge in [-0.1, -0.05) is 6.42 Å². The van der Waals surface area contributed by atoms with Crippen LogP contribution in [0.25, 0.3) is 0 Å². The Bertz CT molecular complexity index is 229. The summed E-state index contributed by atoms with van der Waals surface area (Å²) in [4.78, 5) is 4.91. The van der Waals surface area contributed by atoms with E-state index < -0.39 is 13.0 Å². The van der Waals surface area contributed by atoms with E-state index in [-0.39, 0.29) is 0 Å². The van der Waals surface area contributed by atoms with Crippen molar-refractivity contribution in [3.05, 3.63) is 0 Å². The van der Waals surface area contributed by atoms with Gasteiger partial charge in [0, 0.05) is 32.2 Å². The van der Waals surface area contributed by atoms with Gasteiger partial charge in [-0.15, -0.1) is 0 Å². The maximum atomic E-state index is 11.9. The number of rotatable bonds is 5. The van der Waals surface area contributed by atoms with Crippen LogP contribution in [0, 0.1) is 0 Å². The summed E-state index contributed by atoms with van der Waals surface area (Å²) in [5.74, 6) is 0. The number of piperazine rings is 1. The van der Waals surface area contributed by atoms with Crippen molar-refractivity contribution in [1.29, 1.82) is 0 Å². The summed E-state index contributed by atoms with van der Waals surface area (Å²) >= 11 is 0. The van der Waals surface area contributed by atoms with Crippen molar-refractivity contribution >= 4 is 0 Å². The normalized spacial score (nSPS) is 27.4. The molecule has 2 fully saturated rings. The van der Waals surface area contributed by atoms with E-state index in [9.17, 15) is 8.78 Å². The molecule has 0 aromatic heterocycles. The first-order chi connectivity index (χ1) is 8.25. The lowest BCUT2D eigenvalue weighted by molar-refractivity contribution is -0.00463. The fourth-order valence-electron chi connectivity index (χ4n) is 2.79. The van der Waals surface area contributed by atoms with Gasteiger partial charge < -0.3 is 4.74 Å². The van der Waals surface area contributed by atoms with Gasteiger partial charge in [0.1, 0.15) is 6.61 Å². The van der Waals surface area contributed by atoms with E-state index in [0.717, 1.165) is 26.2 Å². The van der Waals surface area contributed by atoms with Gasteiger partial charge in [-0.05, 0) is 19.4 Å². The largest absolute Gasteiger partial charge is 0.374 e. The van der Waals surface area contributed by atoms with E-state index in [1.54, 1.807) is 0 Å². The quantitative estimate of drug-likeness (QED) is 0.685. The lowest BCUT2D eigenvalue weighted by atomic mass is 9.99. The molecule has 0 amide bonds. The molecule has 0 spiro atoms.